The van der Waals surface area contributed by atoms with Crippen LogP contribution in [-0.2, 0) is 23.1 Å². The van der Waals surface area contributed by atoms with Crippen LogP contribution < -0.4 is 5.32 Å². The molecule has 0 bridgehead atoms. The van der Waals surface area contributed by atoms with Gasteiger partial charge in [-0.3, -0.25) is 5.32 Å². The maximum atomic E-state index is 12.5. The standard InChI is InChI=1S/C23H26N4O2S2/c1-4-27-20-13-12-18(31(28,29)26(2)3)15-19(20)25-22(27)16-24-23(21-11-8-14-30-21)17-9-6-5-7-10-17/h5-15,23-24H,4,16H2,1-3H3. The minimum atomic E-state index is -3.50. The molecule has 0 fully saturated rings. The van der Waals surface area contributed by atoms with Crippen LogP contribution >= 0.6 is 11.3 Å². The van der Waals surface area contributed by atoms with Gasteiger partial charge in [-0.05, 0) is 42.1 Å². The first-order valence-corrected chi connectivity index (χ1v) is 12.5. The van der Waals surface area contributed by atoms with E-state index in [-0.39, 0.29) is 10.9 Å². The summed E-state index contributed by atoms with van der Waals surface area (Å²) in [5.74, 6) is 0.884. The van der Waals surface area contributed by atoms with Gasteiger partial charge < -0.3 is 4.57 Å². The van der Waals surface area contributed by atoms with Crippen LogP contribution in [0, 0.1) is 0 Å². The summed E-state index contributed by atoms with van der Waals surface area (Å²) in [6.07, 6.45) is 0. The van der Waals surface area contributed by atoms with E-state index in [4.69, 9.17) is 4.98 Å². The molecule has 6 nitrogen and oxygen atoms in total. The molecule has 0 aliphatic carbocycles. The Morgan fingerprint density at radius 2 is 1.87 bits per heavy atom. The second kappa shape index (κ2) is 8.92. The zero-order valence-electron chi connectivity index (χ0n) is 17.8. The minimum Gasteiger partial charge on any atom is -0.327 e. The van der Waals surface area contributed by atoms with Crippen LogP contribution in [0.5, 0.6) is 0 Å². The number of hydrogen-bond donors (Lipinski definition) is 1. The zero-order valence-corrected chi connectivity index (χ0v) is 19.5. The number of thiophene rings is 1. The van der Waals surface area contributed by atoms with Crippen molar-refractivity contribution in [3.8, 4) is 0 Å². The Labute approximate surface area is 187 Å². The van der Waals surface area contributed by atoms with Gasteiger partial charge in [-0.1, -0.05) is 36.4 Å². The fraction of sp³-hybridized carbons (Fsp3) is 0.261. The van der Waals surface area contributed by atoms with Gasteiger partial charge in [0.05, 0.1) is 28.5 Å². The monoisotopic (exact) mass is 454 g/mol. The summed E-state index contributed by atoms with van der Waals surface area (Å²) in [7, 11) is -0.429. The fourth-order valence-corrected chi connectivity index (χ4v) is 5.44. The number of rotatable bonds is 8. The lowest BCUT2D eigenvalue weighted by Crippen LogP contribution is -2.23. The molecule has 1 unspecified atom stereocenters. The summed E-state index contributed by atoms with van der Waals surface area (Å²) in [6.45, 7) is 3.39. The largest absolute Gasteiger partial charge is 0.327 e. The number of imidazole rings is 1. The summed E-state index contributed by atoms with van der Waals surface area (Å²) >= 11 is 1.72. The smallest absolute Gasteiger partial charge is 0.242 e. The molecule has 0 saturated carbocycles. The number of nitrogens with one attached hydrogen (secondary N) is 1. The van der Waals surface area contributed by atoms with Crippen LogP contribution in [0.3, 0.4) is 0 Å². The highest BCUT2D eigenvalue weighted by Gasteiger charge is 2.20. The predicted molar refractivity (Wildman–Crippen MR) is 126 cm³/mol. The van der Waals surface area contributed by atoms with E-state index in [1.807, 2.05) is 24.3 Å². The van der Waals surface area contributed by atoms with Crippen LogP contribution in [0.15, 0.2) is 70.9 Å². The van der Waals surface area contributed by atoms with Gasteiger partial charge in [0.1, 0.15) is 5.82 Å². The van der Waals surface area contributed by atoms with Crippen molar-refractivity contribution in [2.75, 3.05) is 14.1 Å². The Kier molecular flexibility index (Phi) is 6.24. The van der Waals surface area contributed by atoms with Gasteiger partial charge in [-0.25, -0.2) is 17.7 Å². The van der Waals surface area contributed by atoms with Crippen LogP contribution in [0.25, 0.3) is 11.0 Å². The first-order chi connectivity index (χ1) is 14.9. The molecule has 0 saturated heterocycles. The minimum absolute atomic E-state index is 0.0657. The maximum Gasteiger partial charge on any atom is 0.242 e. The summed E-state index contributed by atoms with van der Waals surface area (Å²) in [5.41, 5.74) is 2.82. The van der Waals surface area contributed by atoms with E-state index in [2.05, 4.69) is 46.5 Å². The van der Waals surface area contributed by atoms with Gasteiger partial charge in [0.2, 0.25) is 10.0 Å². The van der Waals surface area contributed by atoms with Gasteiger partial charge in [-0.2, -0.15) is 0 Å². The summed E-state index contributed by atoms with van der Waals surface area (Å²) in [4.78, 5) is 6.28. The third-order valence-electron chi connectivity index (χ3n) is 5.32. The van der Waals surface area contributed by atoms with E-state index in [1.54, 1.807) is 23.5 Å². The molecule has 4 aromatic rings. The molecule has 31 heavy (non-hydrogen) atoms. The first-order valence-electron chi connectivity index (χ1n) is 10.1. The van der Waals surface area contributed by atoms with Gasteiger partial charge in [0.15, 0.2) is 0 Å². The van der Waals surface area contributed by atoms with E-state index < -0.39 is 10.0 Å². The third kappa shape index (κ3) is 4.29. The lowest BCUT2D eigenvalue weighted by Gasteiger charge is -2.18. The zero-order chi connectivity index (χ0) is 22.0. The SMILES string of the molecule is CCn1c(CNC(c2ccccc2)c2cccs2)nc2cc(S(=O)(=O)N(C)C)ccc21. The van der Waals surface area contributed by atoms with Gasteiger partial charge in [-0.15, -0.1) is 11.3 Å². The molecule has 2 aromatic carbocycles. The first kappa shape index (κ1) is 21.7. The fourth-order valence-electron chi connectivity index (χ4n) is 3.70. The molecule has 4 rings (SSSR count). The van der Waals surface area contributed by atoms with Crippen molar-refractivity contribution in [2.24, 2.45) is 0 Å². The quantitative estimate of drug-likeness (QED) is 0.432. The van der Waals surface area contributed by atoms with Crippen molar-refractivity contribution >= 4 is 32.4 Å². The highest BCUT2D eigenvalue weighted by Crippen LogP contribution is 2.27. The van der Waals surface area contributed by atoms with Crippen molar-refractivity contribution in [3.63, 3.8) is 0 Å². The number of benzene rings is 2. The molecule has 162 valence electrons. The molecule has 0 spiro atoms. The molecule has 2 heterocycles. The number of nitrogens with zero attached hydrogens (tertiary/aromatic N) is 3. The number of fused-ring (bicyclic) bond motifs is 1. The predicted octanol–water partition coefficient (Wildman–Crippen LogP) is 4.25. The van der Waals surface area contributed by atoms with E-state index in [0.29, 0.717) is 12.1 Å². The lowest BCUT2D eigenvalue weighted by atomic mass is 10.1. The van der Waals surface area contributed by atoms with Gasteiger partial charge in [0, 0.05) is 25.5 Å². The van der Waals surface area contributed by atoms with E-state index >= 15 is 0 Å². The Hall–Kier alpha value is -2.52. The molecule has 0 radical (unpaired) electrons. The van der Waals surface area contributed by atoms with Crippen molar-refractivity contribution in [3.05, 3.63) is 82.3 Å². The van der Waals surface area contributed by atoms with Crippen molar-refractivity contribution < 1.29 is 8.42 Å². The van der Waals surface area contributed by atoms with Gasteiger partial charge in [0.25, 0.3) is 0 Å². The molecule has 8 heteroatoms. The van der Waals surface area contributed by atoms with Crippen molar-refractivity contribution in [1.82, 2.24) is 19.2 Å². The van der Waals surface area contributed by atoms with E-state index in [0.717, 1.165) is 17.9 Å². The summed E-state index contributed by atoms with van der Waals surface area (Å²) < 4.78 is 28.4. The number of hydrogen-bond acceptors (Lipinski definition) is 5. The van der Waals surface area contributed by atoms with Crippen LogP contribution in [0.4, 0.5) is 0 Å². The van der Waals surface area contributed by atoms with Crippen molar-refractivity contribution in [1.29, 1.82) is 0 Å². The number of sulfonamides is 1. The average molecular weight is 455 g/mol. The summed E-state index contributed by atoms with van der Waals surface area (Å²) in [5, 5.41) is 5.74. The maximum absolute atomic E-state index is 12.5. The second-order valence-corrected chi connectivity index (χ2v) is 10.6. The average Bonchev–Trinajstić information content (AvgIpc) is 3.41. The number of aromatic nitrogens is 2. The number of aryl methyl sites for hydroxylation is 1. The lowest BCUT2D eigenvalue weighted by molar-refractivity contribution is 0.521. The molecular formula is C23H26N4O2S2. The Bertz CT molecular complexity index is 1260. The molecular weight excluding hydrogens is 428 g/mol. The molecule has 0 amide bonds. The van der Waals surface area contributed by atoms with E-state index in [9.17, 15) is 8.42 Å². The third-order valence-corrected chi connectivity index (χ3v) is 8.07. The van der Waals surface area contributed by atoms with Crippen LogP contribution in [-0.4, -0.2) is 36.4 Å². The van der Waals surface area contributed by atoms with Crippen molar-refractivity contribution in [2.45, 2.75) is 31.0 Å². The summed E-state index contributed by atoms with van der Waals surface area (Å²) in [6, 6.07) is 19.8. The highest BCUT2D eigenvalue weighted by molar-refractivity contribution is 7.89. The Morgan fingerprint density at radius 3 is 2.52 bits per heavy atom. The highest BCUT2D eigenvalue weighted by atomic mass is 32.2. The normalized spacial score (nSPS) is 13.2. The molecule has 0 aliphatic heterocycles. The molecule has 1 atom stereocenters. The Balaban J connectivity index is 1.67. The molecule has 2 aromatic heterocycles. The topological polar surface area (TPSA) is 67.2 Å². The van der Waals surface area contributed by atoms with E-state index in [1.165, 1.54) is 28.8 Å². The Morgan fingerprint density at radius 1 is 1.10 bits per heavy atom. The van der Waals surface area contributed by atoms with Crippen LogP contribution in [0.1, 0.15) is 29.2 Å². The van der Waals surface area contributed by atoms with Gasteiger partial charge >= 0.3 is 0 Å². The molecule has 0 aliphatic rings. The molecule has 1 N–H and O–H groups in total. The van der Waals surface area contributed by atoms with Crippen LogP contribution in [0.2, 0.25) is 0 Å². The second-order valence-electron chi connectivity index (χ2n) is 7.45.